The fourth-order valence-electron chi connectivity index (χ4n) is 3.92. The number of esters is 1. The zero-order valence-electron chi connectivity index (χ0n) is 20.0. The first-order valence-corrected chi connectivity index (χ1v) is 11.4. The van der Waals surface area contributed by atoms with E-state index in [2.05, 4.69) is 10.6 Å². The zero-order chi connectivity index (χ0) is 25.6. The average Bonchev–Trinajstić information content (AvgIpc) is 3.14. The normalized spacial score (nSPS) is 13.2. The summed E-state index contributed by atoms with van der Waals surface area (Å²) in [4.78, 5) is 48.8. The van der Waals surface area contributed by atoms with Crippen LogP contribution in [0.2, 0.25) is 0 Å². The summed E-state index contributed by atoms with van der Waals surface area (Å²) in [6.07, 6.45) is -0.805. The Morgan fingerprint density at radius 2 is 1.54 bits per heavy atom. The van der Waals surface area contributed by atoms with Gasteiger partial charge in [-0.1, -0.05) is 48.5 Å². The minimum Gasteiger partial charge on any atom is -0.481 e. The third-order valence-electron chi connectivity index (χ3n) is 6.02. The number of alkyl carbamates (subject to hydrolysis) is 1. The van der Waals surface area contributed by atoms with Crippen LogP contribution < -0.4 is 10.6 Å². The van der Waals surface area contributed by atoms with E-state index in [9.17, 15) is 24.3 Å². The minimum atomic E-state index is -1.63. The lowest BCUT2D eigenvalue weighted by molar-refractivity contribution is -0.150. The van der Waals surface area contributed by atoms with Crippen LogP contribution in [0.25, 0.3) is 11.1 Å². The second-order valence-corrected chi connectivity index (χ2v) is 8.89. The van der Waals surface area contributed by atoms with Crippen molar-refractivity contribution in [1.82, 2.24) is 10.6 Å². The van der Waals surface area contributed by atoms with Gasteiger partial charge >= 0.3 is 18.0 Å². The largest absolute Gasteiger partial charge is 0.481 e. The number of amides is 2. The quantitative estimate of drug-likeness (QED) is 0.350. The van der Waals surface area contributed by atoms with Crippen molar-refractivity contribution in [2.75, 3.05) is 19.8 Å². The van der Waals surface area contributed by atoms with E-state index in [0.717, 1.165) is 22.3 Å². The van der Waals surface area contributed by atoms with Gasteiger partial charge in [-0.2, -0.15) is 0 Å². The summed E-state index contributed by atoms with van der Waals surface area (Å²) in [6, 6.07) is 14.1. The van der Waals surface area contributed by atoms with Gasteiger partial charge in [-0.3, -0.25) is 14.9 Å². The number of rotatable bonds is 10. The standard InChI is InChI=1S/C26H30N2O7/c1-4-34-23(30)21(22(29)27-14-13-26(2,3)24(31)32)28-25(33)35-15-20-18-11-7-5-9-16(18)17-10-6-8-12-19(17)20/h5-12,20-21H,4,13-15H2,1-3H3,(H,27,29)(H,28,33)(H,31,32). The number of hydrogen-bond donors (Lipinski definition) is 3. The number of carboxylic acids is 1. The van der Waals surface area contributed by atoms with Crippen molar-refractivity contribution in [3.8, 4) is 11.1 Å². The molecular formula is C26H30N2O7. The van der Waals surface area contributed by atoms with E-state index in [1.165, 1.54) is 13.8 Å². The Balaban J connectivity index is 1.64. The van der Waals surface area contributed by atoms with Crippen LogP contribution in [0.3, 0.4) is 0 Å². The Kier molecular flexibility index (Phi) is 8.11. The zero-order valence-corrected chi connectivity index (χ0v) is 20.0. The van der Waals surface area contributed by atoms with Crippen molar-refractivity contribution in [3.05, 3.63) is 59.7 Å². The van der Waals surface area contributed by atoms with Crippen molar-refractivity contribution < 1.29 is 33.8 Å². The molecule has 9 heteroatoms. The summed E-state index contributed by atoms with van der Waals surface area (Å²) in [5, 5.41) is 14.0. The van der Waals surface area contributed by atoms with Crippen molar-refractivity contribution >= 4 is 23.9 Å². The third-order valence-corrected chi connectivity index (χ3v) is 6.02. The molecular weight excluding hydrogens is 452 g/mol. The second-order valence-electron chi connectivity index (χ2n) is 8.89. The summed E-state index contributed by atoms with van der Waals surface area (Å²) in [7, 11) is 0. The van der Waals surface area contributed by atoms with Gasteiger partial charge in [-0.15, -0.1) is 0 Å². The first-order chi connectivity index (χ1) is 16.7. The molecule has 0 saturated heterocycles. The molecule has 1 atom stereocenters. The third kappa shape index (κ3) is 5.98. The molecule has 3 rings (SSSR count). The monoisotopic (exact) mass is 482 g/mol. The molecule has 1 aliphatic carbocycles. The van der Waals surface area contributed by atoms with Crippen molar-refractivity contribution in [2.45, 2.75) is 39.2 Å². The van der Waals surface area contributed by atoms with E-state index >= 15 is 0 Å². The lowest BCUT2D eigenvalue weighted by Gasteiger charge is -2.21. The van der Waals surface area contributed by atoms with E-state index < -0.39 is 35.4 Å². The first-order valence-electron chi connectivity index (χ1n) is 11.4. The van der Waals surface area contributed by atoms with Gasteiger partial charge in [-0.25, -0.2) is 9.59 Å². The van der Waals surface area contributed by atoms with Gasteiger partial charge in [0.2, 0.25) is 6.04 Å². The Labute approximate surface area is 203 Å². The molecule has 0 aromatic heterocycles. The molecule has 0 bridgehead atoms. The van der Waals surface area contributed by atoms with E-state index in [-0.39, 0.29) is 32.1 Å². The molecule has 0 heterocycles. The number of nitrogens with one attached hydrogen (secondary N) is 2. The topological polar surface area (TPSA) is 131 Å². The molecule has 1 aliphatic rings. The maximum absolute atomic E-state index is 12.6. The van der Waals surface area contributed by atoms with Gasteiger partial charge < -0.3 is 19.9 Å². The minimum absolute atomic E-state index is 0.000405. The Morgan fingerprint density at radius 1 is 0.971 bits per heavy atom. The lowest BCUT2D eigenvalue weighted by Crippen LogP contribution is -2.52. The fourth-order valence-corrected chi connectivity index (χ4v) is 3.92. The molecule has 186 valence electrons. The number of carbonyl (C=O) groups is 4. The van der Waals surface area contributed by atoms with Crippen LogP contribution in [0.4, 0.5) is 4.79 Å². The molecule has 9 nitrogen and oxygen atoms in total. The highest BCUT2D eigenvalue weighted by molar-refractivity contribution is 6.04. The van der Waals surface area contributed by atoms with E-state index in [4.69, 9.17) is 9.47 Å². The lowest BCUT2D eigenvalue weighted by atomic mass is 9.90. The number of carbonyl (C=O) groups excluding carboxylic acids is 3. The van der Waals surface area contributed by atoms with Gasteiger partial charge in [0.05, 0.1) is 12.0 Å². The van der Waals surface area contributed by atoms with Crippen LogP contribution in [-0.2, 0) is 23.9 Å². The molecule has 3 N–H and O–H groups in total. The van der Waals surface area contributed by atoms with E-state index in [1.807, 2.05) is 48.5 Å². The highest BCUT2D eigenvalue weighted by Gasteiger charge is 2.33. The van der Waals surface area contributed by atoms with Gasteiger partial charge in [-0.05, 0) is 49.4 Å². The number of fused-ring (bicyclic) bond motifs is 3. The van der Waals surface area contributed by atoms with Gasteiger partial charge in [0.25, 0.3) is 5.91 Å². The number of carboxylic acid groups (broad SMARTS) is 1. The highest BCUT2D eigenvalue weighted by atomic mass is 16.6. The average molecular weight is 483 g/mol. The highest BCUT2D eigenvalue weighted by Crippen LogP contribution is 2.44. The summed E-state index contributed by atoms with van der Waals surface area (Å²) in [5.74, 6) is -2.93. The molecule has 1 unspecified atom stereocenters. The summed E-state index contributed by atoms with van der Waals surface area (Å²) >= 11 is 0. The first kappa shape index (κ1) is 25.7. The molecule has 2 aromatic carbocycles. The molecule has 2 amide bonds. The molecule has 0 radical (unpaired) electrons. The Morgan fingerprint density at radius 3 is 2.09 bits per heavy atom. The van der Waals surface area contributed by atoms with Gasteiger partial charge in [0.1, 0.15) is 6.61 Å². The molecule has 0 fully saturated rings. The summed E-state index contributed by atoms with van der Waals surface area (Å²) in [6.45, 7) is 4.67. The van der Waals surface area contributed by atoms with Gasteiger partial charge in [0.15, 0.2) is 0 Å². The predicted molar refractivity (Wildman–Crippen MR) is 128 cm³/mol. The smallest absolute Gasteiger partial charge is 0.408 e. The molecule has 0 spiro atoms. The van der Waals surface area contributed by atoms with Crippen LogP contribution in [0.1, 0.15) is 44.2 Å². The Hall–Kier alpha value is -3.88. The maximum Gasteiger partial charge on any atom is 0.408 e. The van der Waals surface area contributed by atoms with Crippen molar-refractivity contribution in [2.24, 2.45) is 5.41 Å². The summed E-state index contributed by atoms with van der Waals surface area (Å²) in [5.41, 5.74) is 3.15. The summed E-state index contributed by atoms with van der Waals surface area (Å²) < 4.78 is 10.3. The van der Waals surface area contributed by atoms with Crippen LogP contribution in [0.5, 0.6) is 0 Å². The molecule has 0 aliphatic heterocycles. The number of hydrogen-bond acceptors (Lipinski definition) is 6. The van der Waals surface area contributed by atoms with Crippen molar-refractivity contribution in [1.29, 1.82) is 0 Å². The predicted octanol–water partition coefficient (Wildman–Crippen LogP) is 3.07. The van der Waals surface area contributed by atoms with Gasteiger partial charge in [0, 0.05) is 12.5 Å². The molecule has 0 saturated carbocycles. The molecule has 2 aromatic rings. The maximum atomic E-state index is 12.6. The van der Waals surface area contributed by atoms with E-state index in [1.54, 1.807) is 6.92 Å². The molecule has 35 heavy (non-hydrogen) atoms. The number of aliphatic carboxylic acids is 1. The SMILES string of the molecule is CCOC(=O)C(NC(=O)OCC1c2ccccc2-c2ccccc21)C(=O)NCCC(C)(C)C(=O)O. The van der Waals surface area contributed by atoms with Crippen LogP contribution in [-0.4, -0.2) is 54.8 Å². The van der Waals surface area contributed by atoms with Crippen LogP contribution >= 0.6 is 0 Å². The van der Waals surface area contributed by atoms with Crippen LogP contribution in [0.15, 0.2) is 48.5 Å². The fraction of sp³-hybridized carbons (Fsp3) is 0.385. The Bertz CT molecular complexity index is 1070. The second kappa shape index (κ2) is 11.0. The number of benzene rings is 2. The van der Waals surface area contributed by atoms with Crippen LogP contribution in [0, 0.1) is 5.41 Å². The number of ether oxygens (including phenoxy) is 2. The van der Waals surface area contributed by atoms with E-state index in [0.29, 0.717) is 0 Å². The van der Waals surface area contributed by atoms with Crippen molar-refractivity contribution in [3.63, 3.8) is 0 Å².